The molecule has 0 aliphatic rings. The van der Waals surface area contributed by atoms with Crippen LogP contribution in [0.15, 0.2) is 30.3 Å². The predicted molar refractivity (Wildman–Crippen MR) is 87.3 cm³/mol. The summed E-state index contributed by atoms with van der Waals surface area (Å²) in [5.74, 6) is -0.210. The van der Waals surface area contributed by atoms with Crippen molar-refractivity contribution in [2.24, 2.45) is 0 Å². The fourth-order valence-corrected chi connectivity index (χ4v) is 1.83. The number of benzene rings is 1. The summed E-state index contributed by atoms with van der Waals surface area (Å²) in [5, 5.41) is 5.57. The van der Waals surface area contributed by atoms with Crippen molar-refractivity contribution in [3.05, 3.63) is 41.5 Å². The zero-order chi connectivity index (χ0) is 16.4. The molecule has 0 fully saturated rings. The number of amides is 2. The van der Waals surface area contributed by atoms with Crippen LogP contribution in [-0.4, -0.2) is 38.1 Å². The SMILES string of the molecule is COCC(=O)NCCc1ccc(/C=C/C(=O)NC(C)C)cc1. The Kier molecular flexibility index (Phi) is 7.92. The molecule has 0 radical (unpaired) electrons. The van der Waals surface area contributed by atoms with E-state index in [0.29, 0.717) is 6.54 Å². The lowest BCUT2D eigenvalue weighted by Crippen LogP contribution is -2.28. The smallest absolute Gasteiger partial charge is 0.245 e. The summed E-state index contributed by atoms with van der Waals surface area (Å²) in [6, 6.07) is 8.01. The molecule has 120 valence electrons. The molecule has 1 aromatic carbocycles. The summed E-state index contributed by atoms with van der Waals surface area (Å²) in [6.07, 6.45) is 4.06. The van der Waals surface area contributed by atoms with E-state index in [1.54, 1.807) is 6.08 Å². The Labute approximate surface area is 131 Å². The summed E-state index contributed by atoms with van der Waals surface area (Å²) in [4.78, 5) is 22.7. The molecule has 0 aromatic heterocycles. The number of carbonyl (C=O) groups excluding carboxylic acids is 2. The third kappa shape index (κ3) is 7.59. The zero-order valence-corrected chi connectivity index (χ0v) is 13.4. The fourth-order valence-electron chi connectivity index (χ4n) is 1.83. The highest BCUT2D eigenvalue weighted by atomic mass is 16.5. The highest BCUT2D eigenvalue weighted by molar-refractivity contribution is 5.91. The van der Waals surface area contributed by atoms with Gasteiger partial charge in [-0.1, -0.05) is 24.3 Å². The monoisotopic (exact) mass is 304 g/mol. The minimum Gasteiger partial charge on any atom is -0.375 e. The van der Waals surface area contributed by atoms with Crippen LogP contribution in [0, 0.1) is 0 Å². The van der Waals surface area contributed by atoms with Crippen LogP contribution < -0.4 is 10.6 Å². The molecule has 2 N–H and O–H groups in total. The average Bonchev–Trinajstić information content (AvgIpc) is 2.46. The van der Waals surface area contributed by atoms with Gasteiger partial charge in [-0.3, -0.25) is 9.59 Å². The Bertz CT molecular complexity index is 507. The Morgan fingerprint density at radius 1 is 1.23 bits per heavy atom. The largest absolute Gasteiger partial charge is 0.375 e. The number of hydrogen-bond acceptors (Lipinski definition) is 3. The number of methoxy groups -OCH3 is 1. The minimum absolute atomic E-state index is 0.0855. The van der Waals surface area contributed by atoms with Gasteiger partial charge in [0.25, 0.3) is 0 Å². The molecule has 2 amide bonds. The van der Waals surface area contributed by atoms with Gasteiger partial charge in [-0.25, -0.2) is 0 Å². The molecular formula is C17H24N2O3. The first-order valence-corrected chi connectivity index (χ1v) is 7.34. The Morgan fingerprint density at radius 3 is 2.50 bits per heavy atom. The van der Waals surface area contributed by atoms with E-state index in [9.17, 15) is 9.59 Å². The van der Waals surface area contributed by atoms with Crippen molar-refractivity contribution in [1.29, 1.82) is 0 Å². The lowest BCUT2D eigenvalue weighted by atomic mass is 10.1. The molecular weight excluding hydrogens is 280 g/mol. The van der Waals surface area contributed by atoms with Crippen molar-refractivity contribution in [3.8, 4) is 0 Å². The number of carbonyl (C=O) groups is 2. The molecule has 0 bridgehead atoms. The maximum Gasteiger partial charge on any atom is 0.245 e. The number of ether oxygens (including phenoxy) is 1. The van der Waals surface area contributed by atoms with Gasteiger partial charge < -0.3 is 15.4 Å². The van der Waals surface area contributed by atoms with Crippen LogP contribution in [-0.2, 0) is 20.7 Å². The van der Waals surface area contributed by atoms with E-state index >= 15 is 0 Å². The Balaban J connectivity index is 2.41. The number of rotatable bonds is 8. The molecule has 0 atom stereocenters. The molecule has 0 unspecified atom stereocenters. The molecule has 22 heavy (non-hydrogen) atoms. The second kappa shape index (κ2) is 9.73. The first-order valence-electron chi connectivity index (χ1n) is 7.34. The molecule has 0 saturated carbocycles. The maximum atomic E-state index is 11.5. The third-order valence-electron chi connectivity index (χ3n) is 2.85. The Morgan fingerprint density at radius 2 is 1.91 bits per heavy atom. The summed E-state index contributed by atoms with van der Waals surface area (Å²) in [7, 11) is 1.49. The first-order chi connectivity index (χ1) is 10.5. The van der Waals surface area contributed by atoms with Crippen molar-refractivity contribution in [2.75, 3.05) is 20.3 Å². The fraction of sp³-hybridized carbons (Fsp3) is 0.412. The van der Waals surface area contributed by atoms with E-state index in [1.165, 1.54) is 13.2 Å². The molecule has 0 aliphatic carbocycles. The van der Waals surface area contributed by atoms with Gasteiger partial charge in [0.05, 0.1) is 0 Å². The molecule has 5 nitrogen and oxygen atoms in total. The predicted octanol–water partition coefficient (Wildman–Crippen LogP) is 1.53. The zero-order valence-electron chi connectivity index (χ0n) is 13.4. The van der Waals surface area contributed by atoms with E-state index in [0.717, 1.165) is 17.5 Å². The summed E-state index contributed by atoms with van der Waals surface area (Å²) < 4.78 is 4.74. The van der Waals surface area contributed by atoms with Crippen molar-refractivity contribution in [2.45, 2.75) is 26.3 Å². The Hall–Kier alpha value is -2.14. The summed E-state index contributed by atoms with van der Waals surface area (Å²) >= 11 is 0. The van der Waals surface area contributed by atoms with E-state index in [4.69, 9.17) is 4.74 Å². The van der Waals surface area contributed by atoms with Gasteiger partial charge in [-0.15, -0.1) is 0 Å². The van der Waals surface area contributed by atoms with Crippen LogP contribution >= 0.6 is 0 Å². The molecule has 5 heteroatoms. The molecule has 1 aromatic rings. The maximum absolute atomic E-state index is 11.5. The number of nitrogens with one attached hydrogen (secondary N) is 2. The van der Waals surface area contributed by atoms with Crippen LogP contribution in [0.2, 0.25) is 0 Å². The molecule has 0 aliphatic heterocycles. The van der Waals surface area contributed by atoms with Gasteiger partial charge in [-0.2, -0.15) is 0 Å². The molecule has 0 saturated heterocycles. The lowest BCUT2D eigenvalue weighted by molar-refractivity contribution is -0.124. The topological polar surface area (TPSA) is 67.4 Å². The second-order valence-corrected chi connectivity index (χ2v) is 5.27. The van der Waals surface area contributed by atoms with Crippen LogP contribution in [0.5, 0.6) is 0 Å². The summed E-state index contributed by atoms with van der Waals surface area (Å²) in [6.45, 7) is 4.51. The van der Waals surface area contributed by atoms with E-state index in [-0.39, 0.29) is 24.5 Å². The second-order valence-electron chi connectivity index (χ2n) is 5.27. The normalized spacial score (nSPS) is 10.9. The third-order valence-corrected chi connectivity index (χ3v) is 2.85. The van der Waals surface area contributed by atoms with Gasteiger partial charge in [0, 0.05) is 25.8 Å². The van der Waals surface area contributed by atoms with E-state index in [1.807, 2.05) is 38.1 Å². The van der Waals surface area contributed by atoms with Crippen LogP contribution in [0.4, 0.5) is 0 Å². The molecule has 0 spiro atoms. The lowest BCUT2D eigenvalue weighted by Gasteiger charge is -2.05. The average molecular weight is 304 g/mol. The van der Waals surface area contributed by atoms with E-state index < -0.39 is 0 Å². The van der Waals surface area contributed by atoms with Gasteiger partial charge in [0.15, 0.2) is 0 Å². The summed E-state index contributed by atoms with van der Waals surface area (Å²) in [5.41, 5.74) is 2.09. The molecule has 1 rings (SSSR count). The highest BCUT2D eigenvalue weighted by Gasteiger charge is 2.00. The number of hydrogen-bond donors (Lipinski definition) is 2. The van der Waals surface area contributed by atoms with Gasteiger partial charge in [0.1, 0.15) is 6.61 Å². The molecule has 0 heterocycles. The van der Waals surface area contributed by atoms with Gasteiger partial charge >= 0.3 is 0 Å². The van der Waals surface area contributed by atoms with Crippen LogP contribution in [0.3, 0.4) is 0 Å². The quantitative estimate of drug-likeness (QED) is 0.716. The van der Waals surface area contributed by atoms with Crippen LogP contribution in [0.25, 0.3) is 6.08 Å². The standard InChI is InChI=1S/C17H24N2O3/c1-13(2)19-16(20)9-8-14-4-6-15(7-5-14)10-11-18-17(21)12-22-3/h4-9,13H,10-12H2,1-3H3,(H,18,21)(H,19,20)/b9-8+. The first kappa shape index (κ1) is 17.9. The van der Waals surface area contributed by atoms with Crippen molar-refractivity contribution < 1.29 is 14.3 Å². The van der Waals surface area contributed by atoms with Crippen LogP contribution in [0.1, 0.15) is 25.0 Å². The van der Waals surface area contributed by atoms with Crippen molar-refractivity contribution in [1.82, 2.24) is 10.6 Å². The van der Waals surface area contributed by atoms with Gasteiger partial charge in [-0.05, 0) is 37.5 Å². The van der Waals surface area contributed by atoms with Crippen molar-refractivity contribution >= 4 is 17.9 Å². The van der Waals surface area contributed by atoms with Crippen molar-refractivity contribution in [3.63, 3.8) is 0 Å². The minimum atomic E-state index is -0.113. The highest BCUT2D eigenvalue weighted by Crippen LogP contribution is 2.06. The van der Waals surface area contributed by atoms with Gasteiger partial charge in [0.2, 0.25) is 11.8 Å². The van der Waals surface area contributed by atoms with E-state index in [2.05, 4.69) is 10.6 Å².